The second kappa shape index (κ2) is 6.16. The molecule has 1 saturated heterocycles. The lowest BCUT2D eigenvalue weighted by molar-refractivity contribution is -0.141. The summed E-state index contributed by atoms with van der Waals surface area (Å²) in [5.74, 6) is -1.60. The number of hydrogen-bond donors (Lipinski definition) is 1. The summed E-state index contributed by atoms with van der Waals surface area (Å²) in [6.07, 6.45) is 0. The Kier molecular flexibility index (Phi) is 4.22. The highest BCUT2D eigenvalue weighted by Gasteiger charge is 2.40. The number of benzene rings is 1. The van der Waals surface area contributed by atoms with Crippen LogP contribution in [0.15, 0.2) is 36.4 Å². The van der Waals surface area contributed by atoms with Gasteiger partial charge in [-0.1, -0.05) is 30.3 Å². The predicted octanol–water partition coefficient (Wildman–Crippen LogP) is 3.31. The van der Waals surface area contributed by atoms with E-state index in [2.05, 4.69) is 0 Å². The summed E-state index contributed by atoms with van der Waals surface area (Å²) in [6, 6.07) is 11.5. The highest BCUT2D eigenvalue weighted by molar-refractivity contribution is 7.14. The van der Waals surface area contributed by atoms with E-state index in [9.17, 15) is 14.7 Å². The topological polar surface area (TPSA) is 57.6 Å². The van der Waals surface area contributed by atoms with Crippen molar-refractivity contribution in [1.29, 1.82) is 0 Å². The molecule has 1 aromatic carbocycles. The molecular formula is C18H19NO3S. The van der Waals surface area contributed by atoms with Crippen LogP contribution in [-0.4, -0.2) is 35.0 Å². The number of carboxylic acid groups (broad SMARTS) is 1. The second-order valence-electron chi connectivity index (χ2n) is 6.02. The van der Waals surface area contributed by atoms with Gasteiger partial charge in [0, 0.05) is 23.9 Å². The number of amides is 1. The Bertz CT molecular complexity index is 718. The van der Waals surface area contributed by atoms with Crippen LogP contribution in [0.3, 0.4) is 0 Å². The number of aryl methyl sites for hydroxylation is 2. The van der Waals surface area contributed by atoms with Gasteiger partial charge in [0.05, 0.1) is 10.8 Å². The van der Waals surface area contributed by atoms with Crippen LogP contribution in [0.25, 0.3) is 0 Å². The Balaban J connectivity index is 1.85. The average Bonchev–Trinajstić information content (AvgIpc) is 3.12. The van der Waals surface area contributed by atoms with Gasteiger partial charge in [-0.15, -0.1) is 11.3 Å². The fourth-order valence-corrected chi connectivity index (χ4v) is 4.09. The number of aliphatic carboxylic acids is 1. The summed E-state index contributed by atoms with van der Waals surface area (Å²) in [5.41, 5.74) is 2.08. The van der Waals surface area contributed by atoms with E-state index in [1.54, 1.807) is 4.90 Å². The van der Waals surface area contributed by atoms with Crippen LogP contribution < -0.4 is 0 Å². The summed E-state index contributed by atoms with van der Waals surface area (Å²) < 4.78 is 0. The molecule has 3 rings (SSSR count). The van der Waals surface area contributed by atoms with Crippen molar-refractivity contribution in [2.75, 3.05) is 13.1 Å². The Hall–Kier alpha value is -2.14. The van der Waals surface area contributed by atoms with Crippen molar-refractivity contribution in [2.45, 2.75) is 19.8 Å². The van der Waals surface area contributed by atoms with Gasteiger partial charge in [-0.05, 0) is 31.0 Å². The van der Waals surface area contributed by atoms with Crippen LogP contribution in [0.5, 0.6) is 0 Å². The first kappa shape index (κ1) is 15.7. The number of carbonyl (C=O) groups excluding carboxylic acids is 1. The number of nitrogens with zero attached hydrogens (tertiary/aromatic N) is 1. The van der Waals surface area contributed by atoms with Crippen LogP contribution in [0.4, 0.5) is 0 Å². The summed E-state index contributed by atoms with van der Waals surface area (Å²) in [6.45, 7) is 4.70. The largest absolute Gasteiger partial charge is 0.481 e. The van der Waals surface area contributed by atoms with Crippen LogP contribution in [0.2, 0.25) is 0 Å². The molecule has 0 unspecified atom stereocenters. The Morgan fingerprint density at radius 2 is 1.87 bits per heavy atom. The number of hydrogen-bond acceptors (Lipinski definition) is 3. The highest BCUT2D eigenvalue weighted by Crippen LogP contribution is 2.34. The van der Waals surface area contributed by atoms with Gasteiger partial charge < -0.3 is 10.0 Å². The van der Waals surface area contributed by atoms with Gasteiger partial charge >= 0.3 is 5.97 Å². The Labute approximate surface area is 139 Å². The molecule has 0 radical (unpaired) electrons. The van der Waals surface area contributed by atoms with Crippen molar-refractivity contribution < 1.29 is 14.7 Å². The van der Waals surface area contributed by atoms with Gasteiger partial charge in [0.2, 0.25) is 0 Å². The van der Waals surface area contributed by atoms with E-state index in [-0.39, 0.29) is 18.4 Å². The van der Waals surface area contributed by atoms with Gasteiger partial charge in [-0.2, -0.15) is 0 Å². The smallest absolute Gasteiger partial charge is 0.308 e. The number of carbonyl (C=O) groups is 2. The minimum absolute atomic E-state index is 0.0594. The van der Waals surface area contributed by atoms with E-state index in [0.717, 1.165) is 16.0 Å². The third-order valence-corrected chi connectivity index (χ3v) is 5.67. The van der Waals surface area contributed by atoms with Crippen LogP contribution in [-0.2, 0) is 4.79 Å². The molecule has 2 atom stereocenters. The lowest BCUT2D eigenvalue weighted by Crippen LogP contribution is -2.29. The van der Waals surface area contributed by atoms with E-state index >= 15 is 0 Å². The standard InChI is InChI=1S/C18H19NO3S/c1-11-8-16(23-12(11)2)17(20)19-9-14(15(10-19)18(21)22)13-6-4-3-5-7-13/h3-8,14-15H,9-10H2,1-2H3,(H,21,22)/t14-,15-/m0/s1. The van der Waals surface area contributed by atoms with E-state index in [0.29, 0.717) is 11.4 Å². The summed E-state index contributed by atoms with van der Waals surface area (Å²) >= 11 is 1.48. The summed E-state index contributed by atoms with van der Waals surface area (Å²) in [7, 11) is 0. The molecule has 1 aromatic heterocycles. The van der Waals surface area contributed by atoms with Crippen LogP contribution in [0, 0.1) is 19.8 Å². The molecule has 5 heteroatoms. The maximum absolute atomic E-state index is 12.7. The zero-order valence-electron chi connectivity index (χ0n) is 13.2. The minimum Gasteiger partial charge on any atom is -0.481 e. The van der Waals surface area contributed by atoms with E-state index in [1.807, 2.05) is 50.2 Å². The molecule has 0 spiro atoms. The van der Waals surface area contributed by atoms with Crippen LogP contribution >= 0.6 is 11.3 Å². The van der Waals surface area contributed by atoms with Gasteiger partial charge in [-0.25, -0.2) is 0 Å². The lowest BCUT2D eigenvalue weighted by Gasteiger charge is -2.15. The SMILES string of the molecule is Cc1cc(C(=O)N2C[C@H](C(=O)O)[C@H](c3ccccc3)C2)sc1C. The van der Waals surface area contributed by atoms with Crippen molar-refractivity contribution in [2.24, 2.45) is 5.92 Å². The van der Waals surface area contributed by atoms with Crippen LogP contribution in [0.1, 0.15) is 31.6 Å². The van der Waals surface area contributed by atoms with E-state index in [1.165, 1.54) is 11.3 Å². The van der Waals surface area contributed by atoms with Crippen molar-refractivity contribution in [1.82, 2.24) is 4.90 Å². The fourth-order valence-electron chi connectivity index (χ4n) is 3.09. The van der Waals surface area contributed by atoms with Gasteiger partial charge in [0.1, 0.15) is 0 Å². The molecular weight excluding hydrogens is 310 g/mol. The zero-order chi connectivity index (χ0) is 16.6. The van der Waals surface area contributed by atoms with E-state index in [4.69, 9.17) is 0 Å². The number of rotatable bonds is 3. The summed E-state index contributed by atoms with van der Waals surface area (Å²) in [5, 5.41) is 9.53. The third kappa shape index (κ3) is 3.01. The van der Waals surface area contributed by atoms with Gasteiger partial charge in [-0.3, -0.25) is 9.59 Å². The molecule has 23 heavy (non-hydrogen) atoms. The van der Waals surface area contributed by atoms with Crippen molar-refractivity contribution in [3.63, 3.8) is 0 Å². The molecule has 2 aromatic rings. The van der Waals surface area contributed by atoms with Crippen molar-refractivity contribution >= 4 is 23.2 Å². The molecule has 2 heterocycles. The first-order valence-corrected chi connectivity index (χ1v) is 8.43. The molecule has 4 nitrogen and oxygen atoms in total. The maximum Gasteiger partial charge on any atom is 0.308 e. The molecule has 0 aliphatic carbocycles. The normalized spacial score (nSPS) is 20.7. The minimum atomic E-state index is -0.840. The van der Waals surface area contributed by atoms with E-state index < -0.39 is 11.9 Å². The Morgan fingerprint density at radius 1 is 1.17 bits per heavy atom. The first-order chi connectivity index (χ1) is 11.0. The fraction of sp³-hybridized carbons (Fsp3) is 0.333. The average molecular weight is 329 g/mol. The Morgan fingerprint density at radius 3 is 2.43 bits per heavy atom. The lowest BCUT2D eigenvalue weighted by atomic mass is 9.89. The van der Waals surface area contributed by atoms with Crippen molar-refractivity contribution in [3.8, 4) is 0 Å². The number of thiophene rings is 1. The number of likely N-dealkylation sites (tertiary alicyclic amines) is 1. The molecule has 1 aliphatic heterocycles. The molecule has 1 N–H and O–H groups in total. The van der Waals surface area contributed by atoms with Gasteiger partial charge in [0.15, 0.2) is 0 Å². The molecule has 1 fully saturated rings. The molecule has 1 aliphatic rings. The molecule has 120 valence electrons. The first-order valence-electron chi connectivity index (χ1n) is 7.61. The monoisotopic (exact) mass is 329 g/mol. The molecule has 1 amide bonds. The van der Waals surface area contributed by atoms with Gasteiger partial charge in [0.25, 0.3) is 5.91 Å². The molecule has 0 saturated carbocycles. The zero-order valence-corrected chi connectivity index (χ0v) is 14.0. The van der Waals surface area contributed by atoms with Crippen molar-refractivity contribution in [3.05, 3.63) is 57.3 Å². The summed E-state index contributed by atoms with van der Waals surface area (Å²) in [4.78, 5) is 27.8. The number of carboxylic acids is 1. The molecule has 0 bridgehead atoms. The second-order valence-corrected chi connectivity index (χ2v) is 7.28. The quantitative estimate of drug-likeness (QED) is 0.940. The third-order valence-electron chi connectivity index (χ3n) is 4.53. The highest BCUT2D eigenvalue weighted by atomic mass is 32.1. The predicted molar refractivity (Wildman–Crippen MR) is 90.0 cm³/mol. The maximum atomic E-state index is 12.7.